The summed E-state index contributed by atoms with van der Waals surface area (Å²) >= 11 is 6.73. The van der Waals surface area contributed by atoms with Crippen molar-refractivity contribution >= 4 is 40.5 Å². The number of hydrogen-bond acceptors (Lipinski definition) is 5. The van der Waals surface area contributed by atoms with E-state index < -0.39 is 6.09 Å². The monoisotopic (exact) mass is 459 g/mol. The molecule has 1 unspecified atom stereocenters. The molecule has 2 heterocycles. The van der Waals surface area contributed by atoms with Crippen LogP contribution in [-0.4, -0.2) is 70.6 Å². The third kappa shape index (κ3) is 4.24. The van der Waals surface area contributed by atoms with E-state index in [0.717, 1.165) is 29.5 Å². The van der Waals surface area contributed by atoms with Gasteiger partial charge in [-0.15, -0.1) is 0 Å². The van der Waals surface area contributed by atoms with E-state index in [4.69, 9.17) is 21.3 Å². The van der Waals surface area contributed by atoms with Gasteiger partial charge in [-0.3, -0.25) is 14.6 Å². The highest BCUT2D eigenvalue weighted by atomic mass is 35.5. The Kier molecular flexibility index (Phi) is 6.24. The van der Waals surface area contributed by atoms with Crippen LogP contribution in [0.25, 0.3) is 10.9 Å². The first-order valence-corrected chi connectivity index (χ1v) is 11.1. The molecule has 0 radical (unpaired) electrons. The summed E-state index contributed by atoms with van der Waals surface area (Å²) in [4.78, 5) is 43.8. The minimum Gasteiger partial charge on any atom is -0.469 e. The number of amides is 2. The molecule has 1 aromatic carbocycles. The molecule has 2 amide bonds. The van der Waals surface area contributed by atoms with Crippen molar-refractivity contribution in [2.45, 2.75) is 38.6 Å². The molecular formula is C23H26ClN3O5. The summed E-state index contributed by atoms with van der Waals surface area (Å²) in [6.07, 6.45) is 1.64. The number of hydrogen-bond donors (Lipinski definition) is 1. The summed E-state index contributed by atoms with van der Waals surface area (Å²) in [6, 6.07) is 5.06. The first-order chi connectivity index (χ1) is 15.3. The van der Waals surface area contributed by atoms with Crippen LogP contribution >= 0.6 is 11.6 Å². The fraction of sp³-hybridized carbons (Fsp3) is 0.478. The van der Waals surface area contributed by atoms with Crippen LogP contribution in [0, 0.1) is 5.92 Å². The largest absolute Gasteiger partial charge is 0.469 e. The van der Waals surface area contributed by atoms with Crippen molar-refractivity contribution < 1.29 is 24.2 Å². The second-order valence-electron chi connectivity index (χ2n) is 8.55. The number of nitrogens with zero attached hydrogens (tertiary/aromatic N) is 3. The number of ether oxygens (including phenoxy) is 1. The van der Waals surface area contributed by atoms with Crippen LogP contribution in [0.4, 0.5) is 4.79 Å². The van der Waals surface area contributed by atoms with Crippen molar-refractivity contribution in [3.05, 3.63) is 40.0 Å². The second kappa shape index (κ2) is 8.94. The molecule has 1 aliphatic heterocycles. The fourth-order valence-corrected chi connectivity index (χ4v) is 5.04. The molecule has 0 saturated carbocycles. The number of benzene rings is 1. The van der Waals surface area contributed by atoms with Gasteiger partial charge >= 0.3 is 12.1 Å². The molecular weight excluding hydrogens is 434 g/mol. The van der Waals surface area contributed by atoms with Gasteiger partial charge in [0.2, 0.25) is 0 Å². The van der Waals surface area contributed by atoms with Crippen LogP contribution in [0.1, 0.15) is 41.4 Å². The number of esters is 1. The molecule has 1 saturated heterocycles. The lowest BCUT2D eigenvalue weighted by Gasteiger charge is -2.38. The van der Waals surface area contributed by atoms with Crippen LogP contribution in [0.2, 0.25) is 5.02 Å². The number of carboxylic acid groups (broad SMARTS) is 1. The maximum Gasteiger partial charge on any atom is 0.407 e. The Balaban J connectivity index is 1.57. The number of carbonyl (C=O) groups excluding carboxylic acids is 2. The standard InChI is InChI=1S/C23H26ClN3O5/c1-13-12-26(7-8-27(13)23(30)31)22(29)15-4-5-16-19(11-15)25-18-6-3-14(10-20(28)32-2)9-17(18)21(16)24/h4-5,11,13-14H,3,6-10,12H2,1-2H3,(H,30,31)/t13-,14?/m1/s1. The van der Waals surface area contributed by atoms with Crippen molar-refractivity contribution in [2.24, 2.45) is 5.92 Å². The minimum atomic E-state index is -0.965. The number of carbonyl (C=O) groups is 3. The summed E-state index contributed by atoms with van der Waals surface area (Å²) in [5, 5.41) is 10.7. The number of aromatic nitrogens is 1. The SMILES string of the molecule is COC(=O)CC1CCc2nc3cc(C(=O)N4CCN(C(=O)O)[C@H](C)C4)ccc3c(Cl)c2C1. The highest BCUT2D eigenvalue weighted by Gasteiger charge is 2.30. The third-order valence-electron chi connectivity index (χ3n) is 6.48. The first-order valence-electron chi connectivity index (χ1n) is 10.7. The molecule has 32 heavy (non-hydrogen) atoms. The Bertz CT molecular complexity index is 1090. The van der Waals surface area contributed by atoms with Gasteiger partial charge in [-0.2, -0.15) is 0 Å². The van der Waals surface area contributed by atoms with Gasteiger partial charge < -0.3 is 19.6 Å². The first kappa shape index (κ1) is 22.3. The van der Waals surface area contributed by atoms with Gasteiger partial charge in [-0.05, 0) is 49.8 Å². The molecule has 2 atom stereocenters. The van der Waals surface area contributed by atoms with E-state index in [1.54, 1.807) is 24.0 Å². The molecule has 1 fully saturated rings. The Hall–Kier alpha value is -2.87. The molecule has 170 valence electrons. The summed E-state index contributed by atoms with van der Waals surface area (Å²) in [5.41, 5.74) is 3.06. The molecule has 1 N–H and O–H groups in total. The molecule has 0 bridgehead atoms. The van der Waals surface area contributed by atoms with E-state index in [2.05, 4.69) is 0 Å². The van der Waals surface area contributed by atoms with E-state index in [9.17, 15) is 19.5 Å². The summed E-state index contributed by atoms with van der Waals surface area (Å²) in [6.45, 7) is 2.80. The summed E-state index contributed by atoms with van der Waals surface area (Å²) in [5.74, 6) is -0.179. The van der Waals surface area contributed by atoms with Crippen LogP contribution < -0.4 is 0 Å². The van der Waals surface area contributed by atoms with E-state index in [-0.39, 0.29) is 23.8 Å². The van der Waals surface area contributed by atoms with Crippen molar-refractivity contribution in [1.29, 1.82) is 0 Å². The van der Waals surface area contributed by atoms with E-state index in [0.29, 0.717) is 48.6 Å². The molecule has 8 nitrogen and oxygen atoms in total. The number of pyridine rings is 1. The van der Waals surface area contributed by atoms with Gasteiger partial charge in [-0.25, -0.2) is 4.79 Å². The number of fused-ring (bicyclic) bond motifs is 2. The topological polar surface area (TPSA) is 100 Å². The van der Waals surface area contributed by atoms with Crippen LogP contribution in [0.5, 0.6) is 0 Å². The number of halogens is 1. The summed E-state index contributed by atoms with van der Waals surface area (Å²) in [7, 11) is 1.40. The van der Waals surface area contributed by atoms with E-state index in [1.165, 1.54) is 12.0 Å². The zero-order valence-electron chi connectivity index (χ0n) is 18.1. The normalized spacial score (nSPS) is 20.7. The predicted molar refractivity (Wildman–Crippen MR) is 119 cm³/mol. The van der Waals surface area contributed by atoms with Gasteiger partial charge in [0.25, 0.3) is 5.91 Å². The summed E-state index contributed by atoms with van der Waals surface area (Å²) < 4.78 is 4.80. The average molecular weight is 460 g/mol. The molecule has 2 aromatic rings. The zero-order chi connectivity index (χ0) is 23.0. The van der Waals surface area contributed by atoms with Crippen molar-refractivity contribution in [2.75, 3.05) is 26.7 Å². The van der Waals surface area contributed by atoms with Gasteiger partial charge in [0, 0.05) is 48.7 Å². The molecule has 0 spiro atoms. The van der Waals surface area contributed by atoms with E-state index in [1.807, 2.05) is 6.07 Å². The van der Waals surface area contributed by atoms with Crippen LogP contribution in [0.15, 0.2) is 18.2 Å². The quantitative estimate of drug-likeness (QED) is 0.706. The lowest BCUT2D eigenvalue weighted by Crippen LogP contribution is -2.55. The van der Waals surface area contributed by atoms with Crippen molar-refractivity contribution in [3.63, 3.8) is 0 Å². The fourth-order valence-electron chi connectivity index (χ4n) is 4.69. The van der Waals surface area contributed by atoms with Crippen LogP contribution in [0.3, 0.4) is 0 Å². The number of piperazine rings is 1. The average Bonchev–Trinajstić information content (AvgIpc) is 2.78. The van der Waals surface area contributed by atoms with E-state index >= 15 is 0 Å². The van der Waals surface area contributed by atoms with Crippen LogP contribution in [-0.2, 0) is 22.4 Å². The Labute approximate surface area is 191 Å². The van der Waals surface area contributed by atoms with Gasteiger partial charge in [0.15, 0.2) is 0 Å². The maximum atomic E-state index is 13.1. The minimum absolute atomic E-state index is 0.141. The van der Waals surface area contributed by atoms with Crippen molar-refractivity contribution in [3.8, 4) is 0 Å². The lowest BCUT2D eigenvalue weighted by molar-refractivity contribution is -0.141. The zero-order valence-corrected chi connectivity index (χ0v) is 18.9. The maximum absolute atomic E-state index is 13.1. The van der Waals surface area contributed by atoms with Gasteiger partial charge in [-0.1, -0.05) is 17.7 Å². The molecule has 1 aliphatic carbocycles. The molecule has 2 aliphatic rings. The number of methoxy groups -OCH3 is 1. The molecule has 9 heteroatoms. The number of aryl methyl sites for hydroxylation is 1. The Morgan fingerprint density at radius 2 is 2.06 bits per heavy atom. The van der Waals surface area contributed by atoms with Gasteiger partial charge in [0.1, 0.15) is 0 Å². The highest BCUT2D eigenvalue weighted by molar-refractivity contribution is 6.36. The van der Waals surface area contributed by atoms with Crippen molar-refractivity contribution in [1.82, 2.24) is 14.8 Å². The molecule has 4 rings (SSSR count). The number of rotatable bonds is 3. The smallest absolute Gasteiger partial charge is 0.407 e. The Morgan fingerprint density at radius 1 is 1.28 bits per heavy atom. The highest BCUT2D eigenvalue weighted by Crippen LogP contribution is 2.36. The lowest BCUT2D eigenvalue weighted by atomic mass is 9.84. The Morgan fingerprint density at radius 3 is 2.75 bits per heavy atom. The molecule has 1 aromatic heterocycles. The second-order valence-corrected chi connectivity index (χ2v) is 8.93. The van der Waals surface area contributed by atoms with Gasteiger partial charge in [0.05, 0.1) is 17.6 Å². The third-order valence-corrected chi connectivity index (χ3v) is 6.91. The predicted octanol–water partition coefficient (Wildman–Crippen LogP) is 3.38.